The first-order valence-corrected chi connectivity index (χ1v) is 7.01. The van der Waals surface area contributed by atoms with E-state index >= 15 is 0 Å². The monoisotopic (exact) mass is 286 g/mol. The first kappa shape index (κ1) is 16.0. The fraction of sp³-hybridized carbons (Fsp3) is 0.714. The number of carbonyl (C=O) groups is 2. The molecular weight excluding hydrogens is 264 g/mol. The summed E-state index contributed by atoms with van der Waals surface area (Å²) in [4.78, 5) is 26.3. The SMILES string of the molecule is CC(=CCl)CN1C(=O)C(C)(C)NC(=O)C1CC(C)C. The van der Waals surface area contributed by atoms with Gasteiger partial charge in [-0.1, -0.05) is 25.4 Å². The van der Waals surface area contributed by atoms with Crippen molar-refractivity contribution in [2.45, 2.75) is 52.6 Å². The topological polar surface area (TPSA) is 49.4 Å². The first-order valence-electron chi connectivity index (χ1n) is 6.58. The molecule has 108 valence electrons. The summed E-state index contributed by atoms with van der Waals surface area (Å²) in [6.45, 7) is 9.79. The normalized spacial score (nSPS) is 23.8. The van der Waals surface area contributed by atoms with Crippen LogP contribution in [0, 0.1) is 5.92 Å². The number of amides is 2. The average molecular weight is 287 g/mol. The van der Waals surface area contributed by atoms with Crippen LogP contribution in [-0.4, -0.2) is 34.8 Å². The van der Waals surface area contributed by atoms with Crippen molar-refractivity contribution in [2.75, 3.05) is 6.54 Å². The molecule has 1 unspecified atom stereocenters. The van der Waals surface area contributed by atoms with Crippen molar-refractivity contribution in [3.8, 4) is 0 Å². The largest absolute Gasteiger partial charge is 0.340 e. The molecule has 0 radical (unpaired) electrons. The second kappa shape index (κ2) is 5.95. The number of rotatable bonds is 4. The van der Waals surface area contributed by atoms with Crippen LogP contribution in [0.2, 0.25) is 0 Å². The molecule has 1 aliphatic rings. The van der Waals surface area contributed by atoms with Gasteiger partial charge in [-0.05, 0) is 38.7 Å². The highest BCUT2D eigenvalue weighted by molar-refractivity contribution is 6.25. The minimum Gasteiger partial charge on any atom is -0.340 e. The van der Waals surface area contributed by atoms with Gasteiger partial charge in [-0.3, -0.25) is 9.59 Å². The van der Waals surface area contributed by atoms with Crippen molar-refractivity contribution in [2.24, 2.45) is 5.92 Å². The Labute approximate surface area is 120 Å². The second-order valence-corrected chi connectivity index (χ2v) is 6.37. The first-order chi connectivity index (χ1) is 8.69. The summed E-state index contributed by atoms with van der Waals surface area (Å²) in [5.74, 6) is 0.198. The van der Waals surface area contributed by atoms with E-state index in [1.807, 2.05) is 20.8 Å². The Morgan fingerprint density at radius 2 is 2.05 bits per heavy atom. The summed E-state index contributed by atoms with van der Waals surface area (Å²) >= 11 is 5.68. The molecule has 1 heterocycles. The summed E-state index contributed by atoms with van der Waals surface area (Å²) in [5, 5.41) is 2.80. The van der Waals surface area contributed by atoms with E-state index < -0.39 is 11.6 Å². The van der Waals surface area contributed by atoms with Gasteiger partial charge in [0.2, 0.25) is 11.8 Å². The van der Waals surface area contributed by atoms with E-state index in [9.17, 15) is 9.59 Å². The molecule has 1 saturated heterocycles. The number of halogens is 1. The van der Waals surface area contributed by atoms with Gasteiger partial charge >= 0.3 is 0 Å². The summed E-state index contributed by atoms with van der Waals surface area (Å²) in [6, 6.07) is -0.410. The zero-order valence-electron chi connectivity index (χ0n) is 12.3. The molecule has 1 atom stereocenters. The summed E-state index contributed by atoms with van der Waals surface area (Å²) < 4.78 is 0. The lowest BCUT2D eigenvalue weighted by atomic mass is 9.92. The van der Waals surface area contributed by atoms with E-state index in [4.69, 9.17) is 11.6 Å². The molecule has 19 heavy (non-hydrogen) atoms. The molecule has 2 amide bonds. The van der Waals surface area contributed by atoms with Crippen molar-refractivity contribution in [3.63, 3.8) is 0 Å². The fourth-order valence-electron chi connectivity index (χ4n) is 2.25. The van der Waals surface area contributed by atoms with Crippen molar-refractivity contribution in [1.29, 1.82) is 0 Å². The molecule has 0 aromatic carbocycles. The van der Waals surface area contributed by atoms with Crippen LogP contribution in [-0.2, 0) is 9.59 Å². The lowest BCUT2D eigenvalue weighted by Crippen LogP contribution is -2.68. The Kier molecular flexibility index (Phi) is 5.02. The van der Waals surface area contributed by atoms with Crippen molar-refractivity contribution in [3.05, 3.63) is 11.1 Å². The fourth-order valence-corrected chi connectivity index (χ4v) is 2.32. The van der Waals surface area contributed by atoms with E-state index in [1.54, 1.807) is 18.7 Å². The van der Waals surface area contributed by atoms with Crippen LogP contribution in [0.1, 0.15) is 41.0 Å². The number of hydrogen-bond donors (Lipinski definition) is 1. The van der Waals surface area contributed by atoms with E-state index in [0.717, 1.165) is 5.57 Å². The summed E-state index contributed by atoms with van der Waals surface area (Å²) in [5.41, 5.74) is 1.48. The van der Waals surface area contributed by atoms with E-state index in [1.165, 1.54) is 5.54 Å². The van der Waals surface area contributed by atoms with Gasteiger partial charge in [-0.2, -0.15) is 0 Å². The van der Waals surface area contributed by atoms with Crippen molar-refractivity contribution < 1.29 is 9.59 Å². The Morgan fingerprint density at radius 1 is 1.47 bits per heavy atom. The van der Waals surface area contributed by atoms with Gasteiger partial charge in [0.25, 0.3) is 0 Å². The van der Waals surface area contributed by atoms with Crippen LogP contribution >= 0.6 is 11.6 Å². The Morgan fingerprint density at radius 3 is 2.53 bits per heavy atom. The Balaban J connectivity index is 3.04. The highest BCUT2D eigenvalue weighted by Crippen LogP contribution is 2.23. The predicted octanol–water partition coefficient (Wildman–Crippen LogP) is 2.28. The third-order valence-electron chi connectivity index (χ3n) is 3.21. The number of nitrogens with one attached hydrogen (secondary N) is 1. The minimum atomic E-state index is -0.850. The lowest BCUT2D eigenvalue weighted by Gasteiger charge is -2.43. The second-order valence-electron chi connectivity index (χ2n) is 6.15. The third-order valence-corrected chi connectivity index (χ3v) is 3.58. The quantitative estimate of drug-likeness (QED) is 0.862. The van der Waals surface area contributed by atoms with Gasteiger partial charge in [-0.25, -0.2) is 0 Å². The zero-order chi connectivity index (χ0) is 14.8. The standard InChI is InChI=1S/C14H23ClN2O2/c1-9(2)6-11-12(18)16-14(4,5)13(19)17(11)8-10(3)7-15/h7,9,11H,6,8H2,1-5H3,(H,16,18). The molecule has 0 aliphatic carbocycles. The van der Waals surface area contributed by atoms with Gasteiger partial charge in [0.05, 0.1) is 0 Å². The smallest absolute Gasteiger partial charge is 0.248 e. The van der Waals surface area contributed by atoms with Crippen LogP contribution in [0.3, 0.4) is 0 Å². The molecule has 0 bridgehead atoms. The lowest BCUT2D eigenvalue weighted by molar-refractivity contribution is -0.153. The molecule has 4 nitrogen and oxygen atoms in total. The minimum absolute atomic E-state index is 0.0596. The molecule has 1 fully saturated rings. The average Bonchev–Trinajstić information content (AvgIpc) is 2.29. The highest BCUT2D eigenvalue weighted by atomic mass is 35.5. The van der Waals surface area contributed by atoms with Crippen molar-refractivity contribution >= 4 is 23.4 Å². The van der Waals surface area contributed by atoms with Gasteiger partial charge < -0.3 is 10.2 Å². The van der Waals surface area contributed by atoms with Crippen LogP contribution in [0.25, 0.3) is 0 Å². The molecule has 1 aliphatic heterocycles. The highest BCUT2D eigenvalue weighted by Gasteiger charge is 2.45. The summed E-state index contributed by atoms with van der Waals surface area (Å²) in [7, 11) is 0. The molecule has 1 rings (SSSR count). The van der Waals surface area contributed by atoms with Gasteiger partial charge in [0, 0.05) is 12.1 Å². The summed E-state index contributed by atoms with van der Waals surface area (Å²) in [6.07, 6.45) is 0.656. The Hall–Kier alpha value is -1.03. The molecule has 0 spiro atoms. The number of nitrogens with zero attached hydrogens (tertiary/aromatic N) is 1. The Bertz CT molecular complexity index is 402. The predicted molar refractivity (Wildman–Crippen MR) is 76.8 cm³/mol. The van der Waals surface area contributed by atoms with Crippen molar-refractivity contribution in [1.82, 2.24) is 10.2 Å². The van der Waals surface area contributed by atoms with Crippen LogP contribution in [0.15, 0.2) is 11.1 Å². The maximum absolute atomic E-state index is 12.5. The molecule has 0 aromatic rings. The van der Waals surface area contributed by atoms with E-state index in [2.05, 4.69) is 5.32 Å². The third kappa shape index (κ3) is 3.72. The van der Waals surface area contributed by atoms with Gasteiger partial charge in [0.1, 0.15) is 11.6 Å². The van der Waals surface area contributed by atoms with Gasteiger partial charge in [0.15, 0.2) is 0 Å². The maximum atomic E-state index is 12.5. The van der Waals surface area contributed by atoms with Gasteiger partial charge in [-0.15, -0.1) is 0 Å². The molecule has 5 heteroatoms. The number of hydrogen-bond acceptors (Lipinski definition) is 2. The number of carbonyl (C=O) groups excluding carboxylic acids is 2. The van der Waals surface area contributed by atoms with Crippen LogP contribution in [0.4, 0.5) is 0 Å². The molecule has 0 aromatic heterocycles. The molecule has 0 saturated carbocycles. The van der Waals surface area contributed by atoms with E-state index in [0.29, 0.717) is 18.9 Å². The van der Waals surface area contributed by atoms with Crippen LogP contribution in [0.5, 0.6) is 0 Å². The molecule has 1 N–H and O–H groups in total. The maximum Gasteiger partial charge on any atom is 0.248 e. The zero-order valence-corrected chi connectivity index (χ0v) is 13.0. The van der Waals surface area contributed by atoms with Crippen LogP contribution < -0.4 is 5.32 Å². The number of piperazine rings is 1. The molecular formula is C14H23ClN2O2. The van der Waals surface area contributed by atoms with E-state index in [-0.39, 0.29) is 11.8 Å².